The number of amides is 1. The zero-order chi connectivity index (χ0) is 15.6. The van der Waals surface area contributed by atoms with E-state index in [1.807, 2.05) is 18.2 Å². The Morgan fingerprint density at radius 2 is 1.90 bits per heavy atom. The number of carbonyl (C=O) groups excluding carboxylic acids is 1. The molecule has 0 saturated heterocycles. The van der Waals surface area contributed by atoms with Crippen LogP contribution in [0.1, 0.15) is 31.9 Å². The fraction of sp³-hybridized carbons (Fsp3) is 0.500. The molecule has 0 aliphatic heterocycles. The van der Waals surface area contributed by atoms with Crippen LogP contribution in [0, 0.1) is 0 Å². The normalized spacial score (nSPS) is 12.7. The number of primary amides is 1. The average molecular weight is 298 g/mol. The molecule has 0 aliphatic rings. The Kier molecular flexibility index (Phi) is 4.94. The van der Waals surface area contributed by atoms with Gasteiger partial charge in [-0.05, 0) is 16.5 Å². The van der Waals surface area contributed by atoms with Crippen molar-refractivity contribution in [3.05, 3.63) is 35.4 Å². The maximum Gasteiger partial charge on any atom is 0.232 e. The summed E-state index contributed by atoms with van der Waals surface area (Å²) in [6.07, 6.45) is 0. The first-order chi connectivity index (χ1) is 9.02. The van der Waals surface area contributed by atoms with E-state index in [1.54, 1.807) is 6.07 Å². The van der Waals surface area contributed by atoms with Crippen LogP contribution in [0.25, 0.3) is 0 Å². The summed E-state index contributed by atoms with van der Waals surface area (Å²) in [4.78, 5) is 10.8. The van der Waals surface area contributed by atoms with Gasteiger partial charge in [-0.1, -0.05) is 45.0 Å². The number of hydrogen-bond donors (Lipinski definition) is 1. The van der Waals surface area contributed by atoms with Crippen LogP contribution in [0.4, 0.5) is 0 Å². The smallest absolute Gasteiger partial charge is 0.232 e. The number of nitrogens with zero attached hydrogens (tertiary/aromatic N) is 1. The quantitative estimate of drug-likeness (QED) is 0.888. The number of sulfonamides is 1. The highest BCUT2D eigenvalue weighted by atomic mass is 32.2. The van der Waals surface area contributed by atoms with Crippen LogP contribution < -0.4 is 5.73 Å². The van der Waals surface area contributed by atoms with E-state index in [-0.39, 0.29) is 17.7 Å². The first-order valence-corrected chi connectivity index (χ1v) is 7.95. The highest BCUT2D eigenvalue weighted by Gasteiger charge is 2.21. The molecule has 0 aliphatic carbocycles. The van der Waals surface area contributed by atoms with Gasteiger partial charge in [-0.3, -0.25) is 4.79 Å². The standard InChI is InChI=1S/C14H22N2O3S/c1-14(2,3)12-7-5-6-11(8-12)10-20(18,19)16(4)9-13(15)17/h5-8H,9-10H2,1-4H3,(H2,15,17). The molecule has 1 amide bonds. The summed E-state index contributed by atoms with van der Waals surface area (Å²) < 4.78 is 25.2. The topological polar surface area (TPSA) is 80.5 Å². The first kappa shape index (κ1) is 16.7. The van der Waals surface area contributed by atoms with Crippen molar-refractivity contribution in [3.63, 3.8) is 0 Å². The van der Waals surface area contributed by atoms with E-state index in [4.69, 9.17) is 5.73 Å². The number of rotatable bonds is 5. The van der Waals surface area contributed by atoms with Crippen molar-refractivity contribution in [2.24, 2.45) is 5.73 Å². The Bertz CT molecular complexity index is 589. The third kappa shape index (κ3) is 4.61. The Labute approximate surface area is 120 Å². The van der Waals surface area contributed by atoms with Crippen molar-refractivity contribution in [2.45, 2.75) is 31.9 Å². The fourth-order valence-corrected chi connectivity index (χ4v) is 2.91. The largest absolute Gasteiger partial charge is 0.369 e. The lowest BCUT2D eigenvalue weighted by atomic mass is 9.86. The molecule has 0 fully saturated rings. The molecule has 0 unspecified atom stereocenters. The molecular weight excluding hydrogens is 276 g/mol. The van der Waals surface area contributed by atoms with Crippen molar-refractivity contribution < 1.29 is 13.2 Å². The lowest BCUT2D eigenvalue weighted by Gasteiger charge is -2.20. The number of nitrogens with two attached hydrogens (primary N) is 1. The van der Waals surface area contributed by atoms with Crippen LogP contribution in [0.2, 0.25) is 0 Å². The molecule has 0 bridgehead atoms. The van der Waals surface area contributed by atoms with E-state index in [9.17, 15) is 13.2 Å². The molecule has 0 heterocycles. The Morgan fingerprint density at radius 1 is 1.30 bits per heavy atom. The van der Waals surface area contributed by atoms with Crippen molar-refractivity contribution in [3.8, 4) is 0 Å². The molecule has 6 heteroatoms. The molecule has 1 aromatic rings. The fourth-order valence-electron chi connectivity index (χ4n) is 1.77. The minimum atomic E-state index is -3.54. The van der Waals surface area contributed by atoms with Gasteiger partial charge in [-0.15, -0.1) is 0 Å². The minimum absolute atomic E-state index is 0.0428. The second-order valence-electron chi connectivity index (χ2n) is 5.93. The second kappa shape index (κ2) is 5.93. The first-order valence-electron chi connectivity index (χ1n) is 6.34. The van der Waals surface area contributed by atoms with Crippen molar-refractivity contribution in [2.75, 3.05) is 13.6 Å². The summed E-state index contributed by atoms with van der Waals surface area (Å²) in [5.41, 5.74) is 6.75. The van der Waals surface area contributed by atoms with E-state index in [1.165, 1.54) is 7.05 Å². The van der Waals surface area contributed by atoms with Crippen molar-refractivity contribution in [1.82, 2.24) is 4.31 Å². The minimum Gasteiger partial charge on any atom is -0.369 e. The van der Waals surface area contributed by atoms with Gasteiger partial charge in [-0.2, -0.15) is 4.31 Å². The maximum absolute atomic E-state index is 12.1. The van der Waals surface area contributed by atoms with Gasteiger partial charge >= 0.3 is 0 Å². The van der Waals surface area contributed by atoms with E-state index in [0.29, 0.717) is 5.56 Å². The Morgan fingerprint density at radius 3 is 2.40 bits per heavy atom. The van der Waals surface area contributed by atoms with Crippen molar-refractivity contribution >= 4 is 15.9 Å². The van der Waals surface area contributed by atoms with Crippen molar-refractivity contribution in [1.29, 1.82) is 0 Å². The monoisotopic (exact) mass is 298 g/mol. The van der Waals surface area contributed by atoms with Gasteiger partial charge in [0.2, 0.25) is 15.9 Å². The Hall–Kier alpha value is -1.40. The predicted octanol–water partition coefficient (Wildman–Crippen LogP) is 1.23. The molecule has 20 heavy (non-hydrogen) atoms. The van der Waals surface area contributed by atoms with Crippen LogP contribution in [0.3, 0.4) is 0 Å². The molecule has 0 saturated carbocycles. The molecule has 0 radical (unpaired) electrons. The number of carbonyl (C=O) groups is 1. The maximum atomic E-state index is 12.1. The SMILES string of the molecule is CN(CC(N)=O)S(=O)(=O)Cc1cccc(C(C)(C)C)c1. The molecule has 0 aromatic heterocycles. The van der Waals surface area contributed by atoms with Crippen LogP contribution >= 0.6 is 0 Å². The average Bonchev–Trinajstić information content (AvgIpc) is 2.26. The molecule has 5 nitrogen and oxygen atoms in total. The highest BCUT2D eigenvalue weighted by molar-refractivity contribution is 7.88. The van der Waals surface area contributed by atoms with Crippen LogP contribution in [-0.2, 0) is 26.0 Å². The van der Waals surface area contributed by atoms with E-state index < -0.39 is 15.9 Å². The molecule has 1 aromatic carbocycles. The summed E-state index contributed by atoms with van der Waals surface area (Å²) in [5.74, 6) is -0.805. The van der Waals surface area contributed by atoms with Gasteiger partial charge < -0.3 is 5.73 Å². The molecule has 2 N–H and O–H groups in total. The van der Waals surface area contributed by atoms with E-state index >= 15 is 0 Å². The summed E-state index contributed by atoms with van der Waals surface area (Å²) in [6, 6.07) is 7.48. The van der Waals surface area contributed by atoms with Gasteiger partial charge in [0.15, 0.2) is 0 Å². The second-order valence-corrected chi connectivity index (χ2v) is 8.00. The van der Waals surface area contributed by atoms with Gasteiger partial charge in [0.1, 0.15) is 0 Å². The summed E-state index contributed by atoms with van der Waals surface area (Å²) in [5, 5.41) is 0. The highest BCUT2D eigenvalue weighted by Crippen LogP contribution is 2.23. The molecular formula is C14H22N2O3S. The molecule has 0 spiro atoms. The van der Waals surface area contributed by atoms with Gasteiger partial charge in [0.25, 0.3) is 0 Å². The third-order valence-electron chi connectivity index (χ3n) is 3.00. The van der Waals surface area contributed by atoms with E-state index in [2.05, 4.69) is 20.8 Å². The van der Waals surface area contributed by atoms with Gasteiger partial charge in [-0.25, -0.2) is 8.42 Å². The lowest BCUT2D eigenvalue weighted by molar-refractivity contribution is -0.118. The van der Waals surface area contributed by atoms with Crippen LogP contribution in [-0.4, -0.2) is 32.2 Å². The number of benzene rings is 1. The number of hydrogen-bond acceptors (Lipinski definition) is 3. The number of likely N-dealkylation sites (N-methyl/N-ethyl adjacent to an activating group) is 1. The Balaban J connectivity index is 2.96. The van der Waals surface area contributed by atoms with E-state index in [0.717, 1.165) is 9.87 Å². The molecule has 0 atom stereocenters. The zero-order valence-corrected chi connectivity index (χ0v) is 13.2. The summed E-state index contributed by atoms with van der Waals surface area (Å²) >= 11 is 0. The lowest BCUT2D eigenvalue weighted by Crippen LogP contribution is -2.36. The van der Waals surface area contributed by atoms with Crippen LogP contribution in [0.5, 0.6) is 0 Å². The molecule has 1 rings (SSSR count). The zero-order valence-electron chi connectivity index (χ0n) is 12.4. The summed E-state index contributed by atoms with van der Waals surface area (Å²) in [6.45, 7) is 5.90. The molecule has 112 valence electrons. The van der Waals surface area contributed by atoms with Gasteiger partial charge in [0.05, 0.1) is 12.3 Å². The summed E-state index contributed by atoms with van der Waals surface area (Å²) in [7, 11) is -2.18. The van der Waals surface area contributed by atoms with Crippen LogP contribution in [0.15, 0.2) is 24.3 Å². The third-order valence-corrected chi connectivity index (χ3v) is 4.77. The predicted molar refractivity (Wildman–Crippen MR) is 79.6 cm³/mol. The van der Waals surface area contributed by atoms with Gasteiger partial charge in [0, 0.05) is 7.05 Å².